The molecule has 3 rings (SSSR count). The predicted molar refractivity (Wildman–Crippen MR) is 56.3 cm³/mol. The fourth-order valence-corrected chi connectivity index (χ4v) is 2.15. The molecule has 1 aromatic carbocycles. The molecule has 0 spiro atoms. The van der Waals surface area contributed by atoms with Crippen LogP contribution in [0.25, 0.3) is 0 Å². The van der Waals surface area contributed by atoms with E-state index in [1.54, 1.807) is 0 Å². The zero-order valence-electron chi connectivity index (χ0n) is 7.96. The normalized spacial score (nSPS) is 24.3. The highest BCUT2D eigenvalue weighted by atomic mass is 15.1. The summed E-state index contributed by atoms with van der Waals surface area (Å²) in [5.41, 5.74) is 2.77. The van der Waals surface area contributed by atoms with Crippen LogP contribution in [0.2, 0.25) is 0 Å². The molecule has 2 aliphatic rings. The van der Waals surface area contributed by atoms with Crippen molar-refractivity contribution in [2.45, 2.75) is 12.6 Å². The topological polar surface area (TPSA) is 36.4 Å². The van der Waals surface area contributed by atoms with E-state index in [1.165, 1.54) is 11.1 Å². The minimum Gasteiger partial charge on any atom is -0.370 e. The van der Waals surface area contributed by atoms with Crippen LogP contribution in [-0.2, 0) is 6.54 Å². The molecule has 1 aromatic rings. The number of benzene rings is 1. The third-order valence-corrected chi connectivity index (χ3v) is 2.84. The molecule has 0 aliphatic carbocycles. The summed E-state index contributed by atoms with van der Waals surface area (Å²) in [6, 6.07) is 8.84. The van der Waals surface area contributed by atoms with Crippen LogP contribution in [0.15, 0.2) is 29.3 Å². The van der Waals surface area contributed by atoms with E-state index in [0.29, 0.717) is 6.04 Å². The molecule has 2 aliphatic heterocycles. The standard InChI is InChI=1S/C11H13N3/c1-2-4-9-8(3-1)7-14-10(9)11-12-5-6-13-11/h1-4,10,14H,5-7H2,(H,12,13). The molecule has 2 N–H and O–H groups in total. The van der Waals surface area contributed by atoms with Gasteiger partial charge in [0.2, 0.25) is 0 Å². The summed E-state index contributed by atoms with van der Waals surface area (Å²) in [5.74, 6) is 1.11. The summed E-state index contributed by atoms with van der Waals surface area (Å²) in [6.45, 7) is 2.85. The van der Waals surface area contributed by atoms with Gasteiger partial charge < -0.3 is 5.32 Å². The first kappa shape index (κ1) is 8.00. The monoisotopic (exact) mass is 187 g/mol. The maximum Gasteiger partial charge on any atom is 0.118 e. The second-order valence-electron chi connectivity index (χ2n) is 3.71. The van der Waals surface area contributed by atoms with Gasteiger partial charge in [0, 0.05) is 13.1 Å². The Bertz CT molecular complexity index is 384. The zero-order valence-corrected chi connectivity index (χ0v) is 7.96. The lowest BCUT2D eigenvalue weighted by atomic mass is 10.0. The first-order valence-corrected chi connectivity index (χ1v) is 5.04. The van der Waals surface area contributed by atoms with Crippen LogP contribution in [0.5, 0.6) is 0 Å². The van der Waals surface area contributed by atoms with Gasteiger partial charge in [-0.15, -0.1) is 0 Å². The van der Waals surface area contributed by atoms with Crippen LogP contribution < -0.4 is 10.6 Å². The van der Waals surface area contributed by atoms with Crippen LogP contribution in [0.3, 0.4) is 0 Å². The van der Waals surface area contributed by atoms with E-state index in [9.17, 15) is 0 Å². The smallest absolute Gasteiger partial charge is 0.118 e. The van der Waals surface area contributed by atoms with Gasteiger partial charge in [0.1, 0.15) is 5.84 Å². The molecule has 3 heteroatoms. The molecule has 1 atom stereocenters. The number of nitrogens with one attached hydrogen (secondary N) is 2. The SMILES string of the molecule is c1ccc2c(c1)CNC2C1=NCCN1. The van der Waals surface area contributed by atoms with Crippen molar-refractivity contribution in [3.63, 3.8) is 0 Å². The molecule has 0 amide bonds. The summed E-state index contributed by atoms with van der Waals surface area (Å²) in [7, 11) is 0. The van der Waals surface area contributed by atoms with Gasteiger partial charge in [0.05, 0.1) is 12.6 Å². The molecule has 3 nitrogen and oxygen atoms in total. The van der Waals surface area contributed by atoms with E-state index in [-0.39, 0.29) is 0 Å². The highest BCUT2D eigenvalue weighted by Gasteiger charge is 2.26. The minimum atomic E-state index is 0.300. The third kappa shape index (κ3) is 1.13. The van der Waals surface area contributed by atoms with E-state index < -0.39 is 0 Å². The number of nitrogens with zero attached hydrogens (tertiary/aromatic N) is 1. The van der Waals surface area contributed by atoms with E-state index in [1.807, 2.05) is 0 Å². The molecule has 2 heterocycles. The second-order valence-corrected chi connectivity index (χ2v) is 3.71. The van der Waals surface area contributed by atoms with Crippen molar-refractivity contribution in [3.8, 4) is 0 Å². The lowest BCUT2D eigenvalue weighted by Gasteiger charge is -2.12. The van der Waals surface area contributed by atoms with Gasteiger partial charge in [-0.2, -0.15) is 0 Å². The molecule has 0 fully saturated rings. The Kier molecular flexibility index (Phi) is 1.77. The summed E-state index contributed by atoms with van der Waals surface area (Å²) in [4.78, 5) is 4.46. The number of hydrogen-bond donors (Lipinski definition) is 2. The average molecular weight is 187 g/mol. The Labute approximate surface area is 83.2 Å². The molecule has 72 valence electrons. The van der Waals surface area contributed by atoms with Crippen LogP contribution in [0, 0.1) is 0 Å². The van der Waals surface area contributed by atoms with E-state index >= 15 is 0 Å². The maximum atomic E-state index is 4.46. The molecule has 0 aromatic heterocycles. The quantitative estimate of drug-likeness (QED) is 0.683. The van der Waals surface area contributed by atoms with Gasteiger partial charge in [-0.25, -0.2) is 0 Å². The van der Waals surface area contributed by atoms with Gasteiger partial charge in [0.15, 0.2) is 0 Å². The molecular weight excluding hydrogens is 174 g/mol. The Morgan fingerprint density at radius 1 is 1.29 bits per heavy atom. The van der Waals surface area contributed by atoms with Crippen LogP contribution in [0.4, 0.5) is 0 Å². The number of aliphatic imine (C=N–C) groups is 1. The largest absolute Gasteiger partial charge is 0.370 e. The minimum absolute atomic E-state index is 0.300. The molecular formula is C11H13N3. The van der Waals surface area contributed by atoms with Crippen LogP contribution >= 0.6 is 0 Å². The van der Waals surface area contributed by atoms with Crippen molar-refractivity contribution in [3.05, 3.63) is 35.4 Å². The van der Waals surface area contributed by atoms with E-state index in [2.05, 4.69) is 39.9 Å². The summed E-state index contributed by atoms with van der Waals surface area (Å²) >= 11 is 0. The van der Waals surface area contributed by atoms with Gasteiger partial charge in [-0.1, -0.05) is 24.3 Å². The third-order valence-electron chi connectivity index (χ3n) is 2.84. The van der Waals surface area contributed by atoms with Crippen molar-refractivity contribution in [2.75, 3.05) is 13.1 Å². The second kappa shape index (κ2) is 3.10. The maximum absolute atomic E-state index is 4.46. The molecule has 0 radical (unpaired) electrons. The Morgan fingerprint density at radius 2 is 2.21 bits per heavy atom. The van der Waals surface area contributed by atoms with Crippen molar-refractivity contribution >= 4 is 5.84 Å². The number of fused-ring (bicyclic) bond motifs is 1. The van der Waals surface area contributed by atoms with Crippen molar-refractivity contribution in [2.24, 2.45) is 4.99 Å². The lowest BCUT2D eigenvalue weighted by molar-refractivity contribution is 0.700. The summed E-state index contributed by atoms with van der Waals surface area (Å²) < 4.78 is 0. The first-order chi connectivity index (χ1) is 6.95. The fourth-order valence-electron chi connectivity index (χ4n) is 2.15. The number of hydrogen-bond acceptors (Lipinski definition) is 3. The molecule has 0 saturated carbocycles. The van der Waals surface area contributed by atoms with Crippen molar-refractivity contribution < 1.29 is 0 Å². The van der Waals surface area contributed by atoms with Crippen LogP contribution in [0.1, 0.15) is 17.2 Å². The fraction of sp³-hybridized carbons (Fsp3) is 0.364. The Hall–Kier alpha value is -1.35. The van der Waals surface area contributed by atoms with E-state index in [0.717, 1.165) is 25.5 Å². The van der Waals surface area contributed by atoms with Crippen molar-refractivity contribution in [1.82, 2.24) is 10.6 Å². The van der Waals surface area contributed by atoms with Gasteiger partial charge in [0.25, 0.3) is 0 Å². The summed E-state index contributed by atoms with van der Waals surface area (Å²) in [6.07, 6.45) is 0. The van der Waals surface area contributed by atoms with Gasteiger partial charge >= 0.3 is 0 Å². The Balaban J connectivity index is 1.97. The molecule has 0 bridgehead atoms. The summed E-state index contributed by atoms with van der Waals surface area (Å²) in [5, 5.41) is 6.80. The predicted octanol–water partition coefficient (Wildman–Crippen LogP) is 0.833. The average Bonchev–Trinajstić information content (AvgIpc) is 2.85. The highest BCUT2D eigenvalue weighted by Crippen LogP contribution is 2.25. The molecule has 0 saturated heterocycles. The lowest BCUT2D eigenvalue weighted by Crippen LogP contribution is -2.31. The van der Waals surface area contributed by atoms with Gasteiger partial charge in [-0.3, -0.25) is 10.3 Å². The van der Waals surface area contributed by atoms with E-state index in [4.69, 9.17) is 0 Å². The highest BCUT2D eigenvalue weighted by molar-refractivity contribution is 5.90. The number of amidine groups is 1. The van der Waals surface area contributed by atoms with Crippen LogP contribution in [-0.4, -0.2) is 18.9 Å². The molecule has 14 heavy (non-hydrogen) atoms. The van der Waals surface area contributed by atoms with Gasteiger partial charge in [-0.05, 0) is 11.1 Å². The zero-order chi connectivity index (χ0) is 9.38. The number of rotatable bonds is 1. The first-order valence-electron chi connectivity index (χ1n) is 5.04. The Morgan fingerprint density at radius 3 is 3.07 bits per heavy atom. The molecule has 1 unspecified atom stereocenters. The van der Waals surface area contributed by atoms with Crippen molar-refractivity contribution in [1.29, 1.82) is 0 Å².